The quantitative estimate of drug-likeness (QED) is 0.742. The molecule has 2 aromatic rings. The van der Waals surface area contributed by atoms with Crippen LogP contribution in [0.15, 0.2) is 53.6 Å². The fourth-order valence-corrected chi connectivity index (χ4v) is 4.19. The lowest BCUT2D eigenvalue weighted by atomic mass is 9.97. The molecule has 0 saturated carbocycles. The molecule has 1 amide bonds. The molecule has 4 rings (SSSR count). The van der Waals surface area contributed by atoms with Crippen LogP contribution in [0.3, 0.4) is 0 Å². The van der Waals surface area contributed by atoms with E-state index in [1.807, 2.05) is 24.3 Å². The summed E-state index contributed by atoms with van der Waals surface area (Å²) < 4.78 is 19.9. The van der Waals surface area contributed by atoms with Crippen molar-refractivity contribution in [1.82, 2.24) is 9.91 Å². The Hall–Kier alpha value is -2.73. The van der Waals surface area contributed by atoms with Crippen molar-refractivity contribution in [1.29, 1.82) is 0 Å². The monoisotopic (exact) mass is 409 g/mol. The number of amides is 1. The van der Waals surface area contributed by atoms with Crippen LogP contribution in [0.4, 0.5) is 4.39 Å². The standard InChI is InChI=1S/C24H28FN3O2/c1-17-10-12-27(13-11-17)16-24(29)28-23(20-8-3-4-9-21(20)25)15-22(26-28)18-6-5-7-19(14-18)30-2/h3-9,14,17,23H,10-13,15-16H2,1-2H3. The minimum Gasteiger partial charge on any atom is -0.497 e. The van der Waals surface area contributed by atoms with E-state index in [9.17, 15) is 9.18 Å². The van der Waals surface area contributed by atoms with Crippen LogP contribution in [-0.2, 0) is 4.79 Å². The minimum absolute atomic E-state index is 0.0873. The predicted molar refractivity (Wildman–Crippen MR) is 115 cm³/mol. The summed E-state index contributed by atoms with van der Waals surface area (Å²) >= 11 is 0. The summed E-state index contributed by atoms with van der Waals surface area (Å²) in [5, 5.41) is 6.16. The van der Waals surface area contributed by atoms with Crippen molar-refractivity contribution in [2.24, 2.45) is 11.0 Å². The van der Waals surface area contributed by atoms with Crippen LogP contribution in [0.5, 0.6) is 5.75 Å². The molecule has 2 aliphatic rings. The van der Waals surface area contributed by atoms with E-state index in [0.717, 1.165) is 43.0 Å². The Bertz CT molecular complexity index is 938. The van der Waals surface area contributed by atoms with Gasteiger partial charge >= 0.3 is 0 Å². The second-order valence-electron chi connectivity index (χ2n) is 8.22. The van der Waals surface area contributed by atoms with Crippen LogP contribution in [0, 0.1) is 11.7 Å². The van der Waals surface area contributed by atoms with Crippen molar-refractivity contribution in [2.75, 3.05) is 26.7 Å². The number of hydrogen-bond donors (Lipinski definition) is 0. The number of methoxy groups -OCH3 is 1. The Balaban J connectivity index is 1.61. The second-order valence-corrected chi connectivity index (χ2v) is 8.22. The number of carbonyl (C=O) groups is 1. The van der Waals surface area contributed by atoms with E-state index < -0.39 is 6.04 Å². The molecule has 2 aliphatic heterocycles. The number of piperidine rings is 1. The molecule has 158 valence electrons. The highest BCUT2D eigenvalue weighted by Crippen LogP contribution is 2.35. The topological polar surface area (TPSA) is 45.1 Å². The molecule has 0 spiro atoms. The third-order valence-electron chi connectivity index (χ3n) is 6.07. The first-order chi connectivity index (χ1) is 14.5. The van der Waals surface area contributed by atoms with E-state index in [0.29, 0.717) is 24.4 Å². The summed E-state index contributed by atoms with van der Waals surface area (Å²) in [6.45, 7) is 4.39. The zero-order chi connectivity index (χ0) is 21.1. The Kier molecular flexibility index (Phi) is 6.13. The van der Waals surface area contributed by atoms with Gasteiger partial charge < -0.3 is 4.74 Å². The van der Waals surface area contributed by atoms with Crippen molar-refractivity contribution in [3.8, 4) is 5.75 Å². The second kappa shape index (κ2) is 8.96. The van der Waals surface area contributed by atoms with E-state index in [2.05, 4.69) is 16.9 Å². The lowest BCUT2D eigenvalue weighted by Gasteiger charge is -2.31. The summed E-state index contributed by atoms with van der Waals surface area (Å²) in [4.78, 5) is 15.4. The van der Waals surface area contributed by atoms with E-state index in [-0.39, 0.29) is 11.7 Å². The summed E-state index contributed by atoms with van der Waals surface area (Å²) in [6.07, 6.45) is 2.67. The Morgan fingerprint density at radius 3 is 2.67 bits per heavy atom. The number of likely N-dealkylation sites (tertiary alicyclic amines) is 1. The van der Waals surface area contributed by atoms with Gasteiger partial charge in [0.1, 0.15) is 11.6 Å². The van der Waals surface area contributed by atoms with E-state index >= 15 is 0 Å². The maximum atomic E-state index is 14.6. The zero-order valence-corrected chi connectivity index (χ0v) is 17.6. The maximum Gasteiger partial charge on any atom is 0.257 e. The number of hydrazone groups is 1. The fourth-order valence-electron chi connectivity index (χ4n) is 4.19. The van der Waals surface area contributed by atoms with Crippen molar-refractivity contribution in [3.05, 3.63) is 65.5 Å². The van der Waals surface area contributed by atoms with Gasteiger partial charge in [0.2, 0.25) is 0 Å². The summed E-state index contributed by atoms with van der Waals surface area (Å²) in [6, 6.07) is 13.8. The molecule has 2 heterocycles. The van der Waals surface area contributed by atoms with Crippen LogP contribution >= 0.6 is 0 Å². The Morgan fingerprint density at radius 1 is 1.17 bits per heavy atom. The molecule has 0 radical (unpaired) electrons. The molecular weight excluding hydrogens is 381 g/mol. The highest BCUT2D eigenvalue weighted by atomic mass is 19.1. The highest BCUT2D eigenvalue weighted by Gasteiger charge is 2.35. The normalized spacial score (nSPS) is 20.3. The smallest absolute Gasteiger partial charge is 0.257 e. The first-order valence-corrected chi connectivity index (χ1v) is 10.6. The molecule has 2 aromatic carbocycles. The van der Waals surface area contributed by atoms with Gasteiger partial charge in [-0.2, -0.15) is 5.10 Å². The van der Waals surface area contributed by atoms with Crippen LogP contribution < -0.4 is 4.74 Å². The molecule has 0 aromatic heterocycles. The van der Waals surface area contributed by atoms with Crippen molar-refractivity contribution >= 4 is 11.6 Å². The van der Waals surface area contributed by atoms with Crippen molar-refractivity contribution < 1.29 is 13.9 Å². The van der Waals surface area contributed by atoms with Gasteiger partial charge in [0.25, 0.3) is 5.91 Å². The first kappa shape index (κ1) is 20.5. The average Bonchev–Trinajstić information content (AvgIpc) is 3.21. The third kappa shape index (κ3) is 4.38. The summed E-state index contributed by atoms with van der Waals surface area (Å²) in [5.74, 6) is 1.03. The molecule has 1 saturated heterocycles. The lowest BCUT2D eigenvalue weighted by Crippen LogP contribution is -2.41. The van der Waals surface area contributed by atoms with E-state index in [4.69, 9.17) is 4.74 Å². The van der Waals surface area contributed by atoms with Gasteiger partial charge in [0.05, 0.1) is 25.4 Å². The van der Waals surface area contributed by atoms with Gasteiger partial charge in [-0.3, -0.25) is 9.69 Å². The zero-order valence-electron chi connectivity index (χ0n) is 17.6. The molecule has 0 aliphatic carbocycles. The number of halogens is 1. The maximum absolute atomic E-state index is 14.6. The highest BCUT2D eigenvalue weighted by molar-refractivity contribution is 6.03. The van der Waals surface area contributed by atoms with Crippen LogP contribution in [0.1, 0.15) is 43.4 Å². The predicted octanol–water partition coefficient (Wildman–Crippen LogP) is 4.24. The minimum atomic E-state index is -0.441. The summed E-state index contributed by atoms with van der Waals surface area (Å²) in [5.41, 5.74) is 2.15. The van der Waals surface area contributed by atoms with Crippen LogP contribution in [0.2, 0.25) is 0 Å². The molecule has 30 heavy (non-hydrogen) atoms. The fraction of sp³-hybridized carbons (Fsp3) is 0.417. The van der Waals surface area contributed by atoms with Gasteiger partial charge in [-0.05, 0) is 50.0 Å². The number of nitrogens with zero attached hydrogens (tertiary/aromatic N) is 3. The lowest BCUT2D eigenvalue weighted by molar-refractivity contribution is -0.134. The van der Waals surface area contributed by atoms with Gasteiger partial charge in [0, 0.05) is 17.5 Å². The molecule has 6 heteroatoms. The van der Waals surface area contributed by atoms with Gasteiger partial charge in [-0.1, -0.05) is 37.3 Å². The van der Waals surface area contributed by atoms with Gasteiger partial charge in [-0.25, -0.2) is 9.40 Å². The van der Waals surface area contributed by atoms with Crippen molar-refractivity contribution in [2.45, 2.75) is 32.2 Å². The number of rotatable bonds is 5. The average molecular weight is 410 g/mol. The largest absolute Gasteiger partial charge is 0.497 e. The molecule has 1 unspecified atom stereocenters. The number of carbonyl (C=O) groups excluding carboxylic acids is 1. The van der Waals surface area contributed by atoms with Gasteiger partial charge in [0.15, 0.2) is 0 Å². The molecule has 0 bridgehead atoms. The Morgan fingerprint density at radius 2 is 1.93 bits per heavy atom. The molecule has 0 N–H and O–H groups in total. The Labute approximate surface area is 177 Å². The molecule has 5 nitrogen and oxygen atoms in total. The summed E-state index contributed by atoms with van der Waals surface area (Å²) in [7, 11) is 1.62. The van der Waals surface area contributed by atoms with Crippen LogP contribution in [-0.4, -0.2) is 48.3 Å². The molecule has 1 atom stereocenters. The number of ether oxygens (including phenoxy) is 1. The molecular formula is C24H28FN3O2. The third-order valence-corrected chi connectivity index (χ3v) is 6.07. The van der Waals surface area contributed by atoms with E-state index in [1.165, 1.54) is 11.1 Å². The first-order valence-electron chi connectivity index (χ1n) is 10.6. The van der Waals surface area contributed by atoms with Crippen LogP contribution in [0.25, 0.3) is 0 Å². The number of benzene rings is 2. The van der Waals surface area contributed by atoms with Crippen molar-refractivity contribution in [3.63, 3.8) is 0 Å². The number of hydrogen-bond acceptors (Lipinski definition) is 4. The SMILES string of the molecule is COc1cccc(C2=NN(C(=O)CN3CCC(C)CC3)C(c3ccccc3F)C2)c1. The van der Waals surface area contributed by atoms with Gasteiger partial charge in [-0.15, -0.1) is 0 Å². The molecule has 1 fully saturated rings. The van der Waals surface area contributed by atoms with E-state index in [1.54, 1.807) is 25.3 Å².